The summed E-state index contributed by atoms with van der Waals surface area (Å²) in [4.78, 5) is 6.71. The zero-order valence-electron chi connectivity index (χ0n) is 12.3. The molecule has 0 radical (unpaired) electrons. The standard InChI is InChI=1S/C16H27N3/c1-3-9-18-15-5-6-16(12-15)19(4-2)13-14-7-10-17-11-8-14/h7-8,10-11,15-16,18H,3-6,9,12-13H2,1-2H3. The van der Waals surface area contributed by atoms with E-state index in [-0.39, 0.29) is 0 Å². The molecule has 2 unspecified atom stereocenters. The first-order valence-corrected chi connectivity index (χ1v) is 7.69. The Labute approximate surface area is 117 Å². The number of aromatic nitrogens is 1. The first-order chi connectivity index (χ1) is 9.33. The molecule has 0 aliphatic heterocycles. The normalized spacial score (nSPS) is 23.1. The van der Waals surface area contributed by atoms with E-state index in [0.29, 0.717) is 0 Å². The molecule has 1 aliphatic rings. The summed E-state index contributed by atoms with van der Waals surface area (Å²) < 4.78 is 0. The third kappa shape index (κ3) is 4.29. The molecule has 106 valence electrons. The van der Waals surface area contributed by atoms with E-state index in [2.05, 4.69) is 41.2 Å². The summed E-state index contributed by atoms with van der Waals surface area (Å²) in [6.45, 7) is 7.86. The lowest BCUT2D eigenvalue weighted by Crippen LogP contribution is -2.35. The van der Waals surface area contributed by atoms with E-state index in [1.54, 1.807) is 0 Å². The number of nitrogens with zero attached hydrogens (tertiary/aromatic N) is 2. The Morgan fingerprint density at radius 1 is 1.26 bits per heavy atom. The average molecular weight is 261 g/mol. The second-order valence-electron chi connectivity index (χ2n) is 5.54. The zero-order valence-corrected chi connectivity index (χ0v) is 12.3. The van der Waals surface area contributed by atoms with Crippen molar-refractivity contribution in [3.63, 3.8) is 0 Å². The number of nitrogens with one attached hydrogen (secondary N) is 1. The highest BCUT2D eigenvalue weighted by atomic mass is 15.2. The molecule has 1 aliphatic carbocycles. The fraction of sp³-hybridized carbons (Fsp3) is 0.688. The number of hydrogen-bond donors (Lipinski definition) is 1. The average Bonchev–Trinajstić information content (AvgIpc) is 2.92. The molecule has 3 heteroatoms. The highest BCUT2D eigenvalue weighted by Gasteiger charge is 2.27. The zero-order chi connectivity index (χ0) is 13.5. The minimum Gasteiger partial charge on any atom is -0.314 e. The second kappa shape index (κ2) is 7.61. The van der Waals surface area contributed by atoms with Crippen LogP contribution in [0.4, 0.5) is 0 Å². The van der Waals surface area contributed by atoms with Crippen molar-refractivity contribution >= 4 is 0 Å². The minimum atomic E-state index is 0.733. The highest BCUT2D eigenvalue weighted by Crippen LogP contribution is 2.25. The number of rotatable bonds is 7. The summed E-state index contributed by atoms with van der Waals surface area (Å²) in [6.07, 6.45) is 8.99. The molecular formula is C16H27N3. The molecule has 1 aromatic heterocycles. The lowest BCUT2D eigenvalue weighted by atomic mass is 10.1. The van der Waals surface area contributed by atoms with Gasteiger partial charge in [0.05, 0.1) is 0 Å². The fourth-order valence-electron chi connectivity index (χ4n) is 3.05. The Balaban J connectivity index is 1.85. The van der Waals surface area contributed by atoms with Crippen LogP contribution < -0.4 is 5.32 Å². The van der Waals surface area contributed by atoms with Gasteiger partial charge < -0.3 is 5.32 Å². The van der Waals surface area contributed by atoms with Gasteiger partial charge in [-0.05, 0) is 56.5 Å². The van der Waals surface area contributed by atoms with Gasteiger partial charge in [0, 0.05) is 31.0 Å². The molecule has 0 amide bonds. The lowest BCUT2D eigenvalue weighted by Gasteiger charge is -2.27. The van der Waals surface area contributed by atoms with E-state index in [1.165, 1.54) is 31.2 Å². The summed E-state index contributed by atoms with van der Waals surface area (Å²) in [5.41, 5.74) is 1.38. The van der Waals surface area contributed by atoms with Gasteiger partial charge in [0.2, 0.25) is 0 Å². The molecular weight excluding hydrogens is 234 g/mol. The Hall–Kier alpha value is -0.930. The maximum absolute atomic E-state index is 4.09. The Morgan fingerprint density at radius 3 is 2.74 bits per heavy atom. The molecule has 1 aromatic rings. The van der Waals surface area contributed by atoms with Gasteiger partial charge in [-0.25, -0.2) is 0 Å². The molecule has 2 atom stereocenters. The van der Waals surface area contributed by atoms with Gasteiger partial charge in [-0.15, -0.1) is 0 Å². The highest BCUT2D eigenvalue weighted by molar-refractivity contribution is 5.09. The van der Waals surface area contributed by atoms with Crippen LogP contribution in [0.3, 0.4) is 0 Å². The van der Waals surface area contributed by atoms with Crippen molar-refractivity contribution in [1.29, 1.82) is 0 Å². The van der Waals surface area contributed by atoms with Crippen LogP contribution in [0.15, 0.2) is 24.5 Å². The van der Waals surface area contributed by atoms with Crippen molar-refractivity contribution in [3.05, 3.63) is 30.1 Å². The molecule has 0 bridgehead atoms. The lowest BCUT2D eigenvalue weighted by molar-refractivity contribution is 0.197. The first-order valence-electron chi connectivity index (χ1n) is 7.69. The van der Waals surface area contributed by atoms with E-state index in [4.69, 9.17) is 0 Å². The number of hydrogen-bond acceptors (Lipinski definition) is 3. The topological polar surface area (TPSA) is 28.2 Å². The van der Waals surface area contributed by atoms with E-state index in [0.717, 1.165) is 31.7 Å². The van der Waals surface area contributed by atoms with Gasteiger partial charge in [0.1, 0.15) is 0 Å². The maximum atomic E-state index is 4.09. The molecule has 3 nitrogen and oxygen atoms in total. The van der Waals surface area contributed by atoms with Crippen molar-refractivity contribution in [1.82, 2.24) is 15.2 Å². The van der Waals surface area contributed by atoms with Gasteiger partial charge >= 0.3 is 0 Å². The van der Waals surface area contributed by atoms with E-state index < -0.39 is 0 Å². The summed E-state index contributed by atoms with van der Waals surface area (Å²) in [6, 6.07) is 5.73. The Morgan fingerprint density at radius 2 is 2.05 bits per heavy atom. The predicted molar refractivity (Wildman–Crippen MR) is 80.0 cm³/mol. The third-order valence-corrected chi connectivity index (χ3v) is 4.15. The minimum absolute atomic E-state index is 0.733. The van der Waals surface area contributed by atoms with E-state index in [9.17, 15) is 0 Å². The van der Waals surface area contributed by atoms with Gasteiger partial charge in [0.25, 0.3) is 0 Å². The van der Waals surface area contributed by atoms with Crippen LogP contribution in [0, 0.1) is 0 Å². The summed E-state index contributed by atoms with van der Waals surface area (Å²) in [5.74, 6) is 0. The van der Waals surface area contributed by atoms with Crippen molar-refractivity contribution in [2.24, 2.45) is 0 Å². The van der Waals surface area contributed by atoms with Crippen LogP contribution in [-0.2, 0) is 6.54 Å². The van der Waals surface area contributed by atoms with Crippen molar-refractivity contribution < 1.29 is 0 Å². The maximum Gasteiger partial charge on any atom is 0.0271 e. The van der Waals surface area contributed by atoms with E-state index in [1.807, 2.05) is 12.4 Å². The molecule has 1 N–H and O–H groups in total. The molecule has 0 aromatic carbocycles. The van der Waals surface area contributed by atoms with Crippen molar-refractivity contribution in [2.75, 3.05) is 13.1 Å². The van der Waals surface area contributed by atoms with Gasteiger partial charge in [-0.1, -0.05) is 13.8 Å². The van der Waals surface area contributed by atoms with Crippen LogP contribution >= 0.6 is 0 Å². The summed E-state index contributed by atoms with van der Waals surface area (Å²) >= 11 is 0. The molecule has 1 heterocycles. The van der Waals surface area contributed by atoms with Crippen molar-refractivity contribution in [2.45, 2.75) is 58.2 Å². The fourth-order valence-corrected chi connectivity index (χ4v) is 3.05. The molecule has 2 rings (SSSR count). The Bertz CT molecular complexity index is 352. The largest absolute Gasteiger partial charge is 0.314 e. The quantitative estimate of drug-likeness (QED) is 0.818. The molecule has 1 saturated carbocycles. The van der Waals surface area contributed by atoms with Crippen LogP contribution in [0.25, 0.3) is 0 Å². The van der Waals surface area contributed by atoms with Crippen LogP contribution in [0.2, 0.25) is 0 Å². The molecule has 0 spiro atoms. The predicted octanol–water partition coefficient (Wildman–Crippen LogP) is 2.82. The van der Waals surface area contributed by atoms with Crippen LogP contribution in [0.5, 0.6) is 0 Å². The van der Waals surface area contributed by atoms with Crippen LogP contribution in [-0.4, -0.2) is 35.1 Å². The van der Waals surface area contributed by atoms with Gasteiger partial charge in [-0.2, -0.15) is 0 Å². The monoisotopic (exact) mass is 261 g/mol. The summed E-state index contributed by atoms with van der Waals surface area (Å²) in [5, 5.41) is 3.67. The SMILES string of the molecule is CCCNC1CCC(N(CC)Cc2ccncc2)C1. The van der Waals surface area contributed by atoms with Gasteiger partial charge in [-0.3, -0.25) is 9.88 Å². The third-order valence-electron chi connectivity index (χ3n) is 4.15. The second-order valence-corrected chi connectivity index (χ2v) is 5.54. The molecule has 19 heavy (non-hydrogen) atoms. The van der Waals surface area contributed by atoms with E-state index >= 15 is 0 Å². The Kier molecular flexibility index (Phi) is 5.80. The van der Waals surface area contributed by atoms with Crippen molar-refractivity contribution in [3.8, 4) is 0 Å². The number of pyridine rings is 1. The van der Waals surface area contributed by atoms with Gasteiger partial charge in [0.15, 0.2) is 0 Å². The van der Waals surface area contributed by atoms with Crippen LogP contribution in [0.1, 0.15) is 45.1 Å². The first kappa shape index (κ1) is 14.5. The molecule has 1 fully saturated rings. The smallest absolute Gasteiger partial charge is 0.0271 e. The summed E-state index contributed by atoms with van der Waals surface area (Å²) in [7, 11) is 0. The molecule has 0 saturated heterocycles.